The molecule has 2 aromatic carbocycles. The zero-order valence-corrected chi connectivity index (χ0v) is 17.5. The van der Waals surface area contributed by atoms with E-state index in [9.17, 15) is 9.59 Å². The molecule has 0 bridgehead atoms. The molecule has 1 aliphatic heterocycles. The van der Waals surface area contributed by atoms with Gasteiger partial charge in [-0.2, -0.15) is 0 Å². The number of carbonyl (C=O) groups is 2. The molecule has 154 valence electrons. The van der Waals surface area contributed by atoms with Gasteiger partial charge in [0.2, 0.25) is 5.91 Å². The molecule has 1 heterocycles. The maximum absolute atomic E-state index is 12.6. The molecule has 0 aromatic heterocycles. The van der Waals surface area contributed by atoms with Crippen LogP contribution in [0.5, 0.6) is 0 Å². The number of likely N-dealkylation sites (tertiary alicyclic amines) is 1. The summed E-state index contributed by atoms with van der Waals surface area (Å²) in [5.74, 6) is -0.103. The van der Waals surface area contributed by atoms with Crippen molar-refractivity contribution in [3.8, 4) is 11.1 Å². The summed E-state index contributed by atoms with van der Waals surface area (Å²) < 4.78 is 5.43. The molecular formula is C24H30N2O3. The smallest absolute Gasteiger partial charge is 0.410 e. The highest BCUT2D eigenvalue weighted by Crippen LogP contribution is 2.21. The summed E-state index contributed by atoms with van der Waals surface area (Å²) in [4.78, 5) is 26.5. The zero-order chi connectivity index (χ0) is 20.9. The van der Waals surface area contributed by atoms with Gasteiger partial charge in [-0.05, 0) is 56.7 Å². The zero-order valence-electron chi connectivity index (χ0n) is 17.5. The Balaban J connectivity index is 1.50. The lowest BCUT2D eigenvalue weighted by molar-refractivity contribution is -0.125. The van der Waals surface area contributed by atoms with Gasteiger partial charge in [0.1, 0.15) is 11.6 Å². The van der Waals surface area contributed by atoms with E-state index in [0.29, 0.717) is 19.5 Å². The first kappa shape index (κ1) is 20.9. The molecule has 1 aliphatic rings. The Labute approximate surface area is 173 Å². The minimum Gasteiger partial charge on any atom is -0.444 e. The lowest BCUT2D eigenvalue weighted by atomic mass is 10.0. The SMILES string of the molecule is CC(C)(C)OC(=O)N1CCCC1C(=O)NCCc1ccc(-c2ccccc2)cc1. The van der Waals surface area contributed by atoms with E-state index in [1.54, 1.807) is 4.90 Å². The van der Waals surface area contributed by atoms with E-state index in [4.69, 9.17) is 4.74 Å². The number of nitrogens with zero attached hydrogens (tertiary/aromatic N) is 1. The summed E-state index contributed by atoms with van der Waals surface area (Å²) in [6.45, 7) is 6.60. The predicted molar refractivity (Wildman–Crippen MR) is 115 cm³/mol. The van der Waals surface area contributed by atoms with Crippen LogP contribution < -0.4 is 5.32 Å². The molecule has 3 rings (SSSR count). The number of nitrogens with one attached hydrogen (secondary N) is 1. The van der Waals surface area contributed by atoms with Gasteiger partial charge in [-0.3, -0.25) is 9.69 Å². The molecule has 0 saturated carbocycles. The van der Waals surface area contributed by atoms with Crippen LogP contribution in [0.1, 0.15) is 39.2 Å². The fourth-order valence-corrected chi connectivity index (χ4v) is 3.52. The minimum absolute atomic E-state index is 0.103. The fourth-order valence-electron chi connectivity index (χ4n) is 3.52. The van der Waals surface area contributed by atoms with Crippen molar-refractivity contribution in [2.24, 2.45) is 0 Å². The van der Waals surface area contributed by atoms with E-state index >= 15 is 0 Å². The second-order valence-corrected chi connectivity index (χ2v) is 8.44. The molecule has 0 radical (unpaired) electrons. The summed E-state index contributed by atoms with van der Waals surface area (Å²) in [5.41, 5.74) is 2.97. The summed E-state index contributed by atoms with van der Waals surface area (Å²) in [5, 5.41) is 2.98. The molecule has 0 aliphatic carbocycles. The van der Waals surface area contributed by atoms with Gasteiger partial charge >= 0.3 is 6.09 Å². The molecule has 1 unspecified atom stereocenters. The molecule has 2 amide bonds. The van der Waals surface area contributed by atoms with Crippen molar-refractivity contribution in [1.29, 1.82) is 0 Å². The van der Waals surface area contributed by atoms with Gasteiger partial charge < -0.3 is 10.1 Å². The van der Waals surface area contributed by atoms with Crippen molar-refractivity contribution in [2.45, 2.75) is 51.7 Å². The van der Waals surface area contributed by atoms with E-state index in [1.165, 1.54) is 16.7 Å². The molecule has 2 aromatic rings. The van der Waals surface area contributed by atoms with Crippen molar-refractivity contribution < 1.29 is 14.3 Å². The van der Waals surface area contributed by atoms with E-state index in [2.05, 4.69) is 41.7 Å². The average Bonchev–Trinajstić information content (AvgIpc) is 3.18. The summed E-state index contributed by atoms with van der Waals surface area (Å²) in [6.07, 6.45) is 1.83. The van der Waals surface area contributed by atoms with Gasteiger partial charge in [0.25, 0.3) is 0 Å². The lowest BCUT2D eigenvalue weighted by Crippen LogP contribution is -2.47. The van der Waals surface area contributed by atoms with Gasteiger partial charge in [-0.15, -0.1) is 0 Å². The molecule has 1 fully saturated rings. The number of rotatable bonds is 5. The Morgan fingerprint density at radius 2 is 1.69 bits per heavy atom. The van der Waals surface area contributed by atoms with Gasteiger partial charge in [-0.25, -0.2) is 4.79 Å². The largest absolute Gasteiger partial charge is 0.444 e. The number of hydrogen-bond acceptors (Lipinski definition) is 3. The molecule has 5 nitrogen and oxygen atoms in total. The van der Waals surface area contributed by atoms with Crippen molar-refractivity contribution in [3.63, 3.8) is 0 Å². The van der Waals surface area contributed by atoms with Crippen molar-refractivity contribution in [3.05, 3.63) is 60.2 Å². The van der Waals surface area contributed by atoms with Crippen LogP contribution in [-0.4, -0.2) is 41.6 Å². The minimum atomic E-state index is -0.563. The maximum atomic E-state index is 12.6. The number of amides is 2. The van der Waals surface area contributed by atoms with Crippen LogP contribution in [0.15, 0.2) is 54.6 Å². The van der Waals surface area contributed by atoms with Crippen LogP contribution in [0.4, 0.5) is 4.79 Å². The van der Waals surface area contributed by atoms with Gasteiger partial charge in [0, 0.05) is 13.1 Å². The molecule has 29 heavy (non-hydrogen) atoms. The predicted octanol–water partition coefficient (Wildman–Crippen LogP) is 4.41. The first-order valence-electron chi connectivity index (χ1n) is 10.3. The molecule has 5 heteroatoms. The van der Waals surface area contributed by atoms with E-state index in [1.807, 2.05) is 39.0 Å². The Bertz CT molecular complexity index is 825. The molecule has 0 spiro atoms. The van der Waals surface area contributed by atoms with Crippen molar-refractivity contribution >= 4 is 12.0 Å². The normalized spacial score (nSPS) is 16.5. The first-order chi connectivity index (χ1) is 13.8. The second-order valence-electron chi connectivity index (χ2n) is 8.44. The quantitative estimate of drug-likeness (QED) is 0.817. The van der Waals surface area contributed by atoms with Crippen molar-refractivity contribution in [1.82, 2.24) is 10.2 Å². The topological polar surface area (TPSA) is 58.6 Å². The van der Waals surface area contributed by atoms with Crippen LogP contribution in [-0.2, 0) is 16.0 Å². The highest BCUT2D eigenvalue weighted by atomic mass is 16.6. The summed E-state index contributed by atoms with van der Waals surface area (Å²) >= 11 is 0. The number of carbonyl (C=O) groups excluding carboxylic acids is 2. The number of hydrogen-bond donors (Lipinski definition) is 1. The van der Waals surface area contributed by atoms with Crippen LogP contribution in [0.25, 0.3) is 11.1 Å². The molecule has 1 N–H and O–H groups in total. The highest BCUT2D eigenvalue weighted by Gasteiger charge is 2.36. The van der Waals surface area contributed by atoms with Crippen LogP contribution in [0.3, 0.4) is 0 Å². The van der Waals surface area contributed by atoms with E-state index in [0.717, 1.165) is 12.8 Å². The third kappa shape index (κ3) is 5.83. The van der Waals surface area contributed by atoms with Gasteiger partial charge in [0.15, 0.2) is 0 Å². The summed E-state index contributed by atoms with van der Waals surface area (Å²) in [7, 11) is 0. The third-order valence-corrected chi connectivity index (χ3v) is 4.96. The lowest BCUT2D eigenvalue weighted by Gasteiger charge is -2.28. The highest BCUT2D eigenvalue weighted by molar-refractivity contribution is 5.86. The Morgan fingerprint density at radius 1 is 1.03 bits per heavy atom. The van der Waals surface area contributed by atoms with Gasteiger partial charge in [0.05, 0.1) is 0 Å². The Hall–Kier alpha value is -2.82. The van der Waals surface area contributed by atoms with Gasteiger partial charge in [-0.1, -0.05) is 54.6 Å². The Kier molecular flexibility index (Phi) is 6.57. The molecule has 1 atom stereocenters. The Morgan fingerprint density at radius 3 is 2.34 bits per heavy atom. The van der Waals surface area contributed by atoms with E-state index < -0.39 is 17.7 Å². The van der Waals surface area contributed by atoms with Crippen LogP contribution in [0, 0.1) is 0 Å². The standard InChI is InChI=1S/C24H30N2O3/c1-24(2,3)29-23(28)26-17-7-10-21(26)22(27)25-16-15-18-11-13-20(14-12-18)19-8-5-4-6-9-19/h4-6,8-9,11-14,21H,7,10,15-17H2,1-3H3,(H,25,27). The monoisotopic (exact) mass is 394 g/mol. The second kappa shape index (κ2) is 9.12. The van der Waals surface area contributed by atoms with Crippen molar-refractivity contribution in [2.75, 3.05) is 13.1 Å². The maximum Gasteiger partial charge on any atom is 0.410 e. The van der Waals surface area contributed by atoms with E-state index in [-0.39, 0.29) is 5.91 Å². The van der Waals surface area contributed by atoms with Crippen LogP contribution >= 0.6 is 0 Å². The number of benzene rings is 2. The third-order valence-electron chi connectivity index (χ3n) is 4.96. The van der Waals surface area contributed by atoms with Crippen LogP contribution in [0.2, 0.25) is 0 Å². The average molecular weight is 395 g/mol. The summed E-state index contributed by atoms with van der Waals surface area (Å²) in [6, 6.07) is 18.2. The number of ether oxygens (including phenoxy) is 1. The molecular weight excluding hydrogens is 364 g/mol. The fraction of sp³-hybridized carbons (Fsp3) is 0.417. The molecule has 1 saturated heterocycles. The first-order valence-corrected chi connectivity index (χ1v) is 10.3.